The molecular weight excluding hydrogens is 354 g/mol. The zero-order valence-corrected chi connectivity index (χ0v) is 16.7. The van der Waals surface area contributed by atoms with Crippen molar-refractivity contribution in [3.8, 4) is 5.75 Å². The summed E-state index contributed by atoms with van der Waals surface area (Å²) in [6.07, 6.45) is 4.26. The van der Waals surface area contributed by atoms with E-state index in [9.17, 15) is 9.59 Å². The first kappa shape index (κ1) is 18.8. The maximum Gasteiger partial charge on any atom is 0.355 e. The molecule has 1 N–H and O–H groups in total. The number of aromatic nitrogens is 1. The first-order chi connectivity index (χ1) is 13.5. The van der Waals surface area contributed by atoms with Crippen LogP contribution in [0.25, 0.3) is 0 Å². The van der Waals surface area contributed by atoms with Gasteiger partial charge in [0.25, 0.3) is 0 Å². The van der Waals surface area contributed by atoms with Crippen molar-refractivity contribution in [2.45, 2.75) is 58.0 Å². The zero-order chi connectivity index (χ0) is 19.8. The van der Waals surface area contributed by atoms with Crippen LogP contribution in [0.3, 0.4) is 0 Å². The molecule has 1 heterocycles. The molecule has 0 bridgehead atoms. The quantitative estimate of drug-likeness (QED) is 0.787. The van der Waals surface area contributed by atoms with Gasteiger partial charge in [0.15, 0.2) is 5.78 Å². The number of Topliss-reactive ketones (excluding diaryl/α,β-unsaturated/α-hetero) is 1. The van der Waals surface area contributed by atoms with Gasteiger partial charge in [-0.3, -0.25) is 4.79 Å². The lowest BCUT2D eigenvalue weighted by molar-refractivity contribution is 0.0219. The molecule has 0 unspecified atom stereocenters. The number of aromatic amines is 1. The Morgan fingerprint density at radius 1 is 1.14 bits per heavy atom. The molecule has 5 nitrogen and oxygen atoms in total. The number of esters is 1. The van der Waals surface area contributed by atoms with Crippen LogP contribution in [0.2, 0.25) is 0 Å². The summed E-state index contributed by atoms with van der Waals surface area (Å²) in [5.41, 5.74) is 3.80. The van der Waals surface area contributed by atoms with Crippen LogP contribution in [0.1, 0.15) is 76.2 Å². The molecule has 1 fully saturated rings. The third-order valence-corrected chi connectivity index (χ3v) is 6.32. The third kappa shape index (κ3) is 3.34. The molecule has 4 rings (SSSR count). The van der Waals surface area contributed by atoms with Crippen molar-refractivity contribution in [3.63, 3.8) is 0 Å². The summed E-state index contributed by atoms with van der Waals surface area (Å²) in [4.78, 5) is 28.8. The highest BCUT2D eigenvalue weighted by Gasteiger charge is 2.34. The highest BCUT2D eigenvalue weighted by molar-refractivity contribution is 6.03. The second-order valence-corrected chi connectivity index (χ2v) is 8.13. The summed E-state index contributed by atoms with van der Waals surface area (Å²) in [6.45, 7) is 3.97. The Kier molecular flexibility index (Phi) is 5.00. The van der Waals surface area contributed by atoms with Gasteiger partial charge in [-0.1, -0.05) is 19.1 Å². The van der Waals surface area contributed by atoms with Crippen LogP contribution in [0.5, 0.6) is 5.75 Å². The van der Waals surface area contributed by atoms with Crippen LogP contribution in [-0.4, -0.2) is 30.0 Å². The Morgan fingerprint density at radius 2 is 1.89 bits per heavy atom. The average Bonchev–Trinajstić information content (AvgIpc) is 3.25. The predicted molar refractivity (Wildman–Crippen MR) is 106 cm³/mol. The van der Waals surface area contributed by atoms with Crippen LogP contribution in [0, 0.1) is 12.8 Å². The SMILES string of the molecule is COc1ccc([C@@H]2CC(=O)c3c([nH]c(C(=O)O[C@H]4CCC[C@@H]4C)c3C)C2)cc1. The number of carbonyl (C=O) groups excluding carboxylic acids is 2. The number of benzene rings is 1. The van der Waals surface area contributed by atoms with E-state index in [0.29, 0.717) is 30.0 Å². The zero-order valence-electron chi connectivity index (χ0n) is 16.7. The Morgan fingerprint density at radius 3 is 2.54 bits per heavy atom. The number of ketones is 1. The van der Waals surface area contributed by atoms with Gasteiger partial charge in [0.1, 0.15) is 17.5 Å². The minimum atomic E-state index is -0.334. The van der Waals surface area contributed by atoms with Crippen molar-refractivity contribution in [1.82, 2.24) is 4.98 Å². The topological polar surface area (TPSA) is 68.4 Å². The first-order valence-corrected chi connectivity index (χ1v) is 10.1. The van der Waals surface area contributed by atoms with Gasteiger partial charge < -0.3 is 14.5 Å². The standard InChI is InChI=1S/C23H27NO4/c1-13-5-4-6-20(13)28-23(26)22-14(2)21-18(24-22)11-16(12-19(21)25)15-7-9-17(27-3)10-8-15/h7-10,13,16,20,24H,4-6,11-12H2,1-3H3/t13-,16-,20-/m0/s1. The van der Waals surface area contributed by atoms with Crippen molar-refractivity contribution < 1.29 is 19.1 Å². The van der Waals surface area contributed by atoms with E-state index < -0.39 is 0 Å². The van der Waals surface area contributed by atoms with E-state index in [1.54, 1.807) is 7.11 Å². The van der Waals surface area contributed by atoms with Crippen molar-refractivity contribution in [1.29, 1.82) is 0 Å². The Labute approximate surface area is 165 Å². The summed E-state index contributed by atoms with van der Waals surface area (Å²) >= 11 is 0. The second-order valence-electron chi connectivity index (χ2n) is 8.13. The lowest BCUT2D eigenvalue weighted by Crippen LogP contribution is -2.21. The maximum atomic E-state index is 12.8. The minimum absolute atomic E-state index is 0.0185. The molecule has 0 spiro atoms. The van der Waals surface area contributed by atoms with E-state index in [1.165, 1.54) is 0 Å². The number of hydrogen-bond acceptors (Lipinski definition) is 4. The molecule has 2 aromatic rings. The van der Waals surface area contributed by atoms with E-state index in [1.807, 2.05) is 31.2 Å². The molecule has 0 aliphatic heterocycles. The third-order valence-electron chi connectivity index (χ3n) is 6.32. The molecule has 2 aliphatic carbocycles. The number of nitrogens with one attached hydrogen (secondary N) is 1. The second kappa shape index (κ2) is 7.46. The van der Waals surface area contributed by atoms with Crippen LogP contribution in [0.15, 0.2) is 24.3 Å². The van der Waals surface area contributed by atoms with Crippen molar-refractivity contribution in [3.05, 3.63) is 52.3 Å². The number of ether oxygens (including phenoxy) is 2. The van der Waals surface area contributed by atoms with Gasteiger partial charge in [-0.25, -0.2) is 4.79 Å². The summed E-state index contributed by atoms with van der Waals surface area (Å²) in [7, 11) is 1.64. The van der Waals surface area contributed by atoms with Gasteiger partial charge in [-0.2, -0.15) is 0 Å². The van der Waals surface area contributed by atoms with Crippen LogP contribution >= 0.6 is 0 Å². The fourth-order valence-electron chi connectivity index (χ4n) is 4.63. The highest BCUT2D eigenvalue weighted by Crippen LogP contribution is 2.36. The largest absolute Gasteiger partial charge is 0.497 e. The molecule has 0 amide bonds. The number of hydrogen-bond donors (Lipinski definition) is 1. The molecule has 2 aliphatic rings. The average molecular weight is 381 g/mol. The maximum absolute atomic E-state index is 12.8. The van der Waals surface area contributed by atoms with Crippen LogP contribution < -0.4 is 4.74 Å². The fraction of sp³-hybridized carbons (Fsp3) is 0.478. The summed E-state index contributed by atoms with van der Waals surface area (Å²) in [5, 5.41) is 0. The Hall–Kier alpha value is -2.56. The molecule has 1 aromatic carbocycles. The summed E-state index contributed by atoms with van der Waals surface area (Å²) in [6, 6.07) is 7.85. The number of methoxy groups -OCH3 is 1. The fourth-order valence-corrected chi connectivity index (χ4v) is 4.63. The molecule has 28 heavy (non-hydrogen) atoms. The van der Waals surface area contributed by atoms with Gasteiger partial charge in [0.2, 0.25) is 0 Å². The van der Waals surface area contributed by atoms with Gasteiger partial charge >= 0.3 is 5.97 Å². The van der Waals surface area contributed by atoms with Gasteiger partial charge in [0.05, 0.1) is 7.11 Å². The lowest BCUT2D eigenvalue weighted by atomic mass is 9.81. The molecule has 148 valence electrons. The van der Waals surface area contributed by atoms with Gasteiger partial charge in [-0.15, -0.1) is 0 Å². The van der Waals surface area contributed by atoms with Crippen molar-refractivity contribution in [2.75, 3.05) is 7.11 Å². The van der Waals surface area contributed by atoms with Gasteiger partial charge in [0, 0.05) is 17.7 Å². The molecule has 5 heteroatoms. The number of carbonyl (C=O) groups is 2. The molecule has 0 saturated heterocycles. The highest BCUT2D eigenvalue weighted by atomic mass is 16.5. The van der Waals surface area contributed by atoms with E-state index >= 15 is 0 Å². The Balaban J connectivity index is 1.56. The summed E-state index contributed by atoms with van der Waals surface area (Å²) < 4.78 is 11.0. The molecule has 3 atom stereocenters. The summed E-state index contributed by atoms with van der Waals surface area (Å²) in [5.74, 6) is 1.05. The molecular formula is C23H27NO4. The van der Waals surface area contributed by atoms with E-state index in [2.05, 4.69) is 11.9 Å². The van der Waals surface area contributed by atoms with Crippen molar-refractivity contribution >= 4 is 11.8 Å². The minimum Gasteiger partial charge on any atom is -0.497 e. The smallest absolute Gasteiger partial charge is 0.355 e. The molecule has 1 saturated carbocycles. The molecule has 1 aromatic heterocycles. The van der Waals surface area contributed by atoms with E-state index in [0.717, 1.165) is 41.8 Å². The number of rotatable bonds is 4. The van der Waals surface area contributed by atoms with E-state index in [-0.39, 0.29) is 23.8 Å². The number of fused-ring (bicyclic) bond motifs is 1. The molecule has 0 radical (unpaired) electrons. The monoisotopic (exact) mass is 381 g/mol. The number of H-pyrrole nitrogens is 1. The first-order valence-electron chi connectivity index (χ1n) is 10.1. The van der Waals surface area contributed by atoms with Crippen LogP contribution in [0.4, 0.5) is 0 Å². The normalized spacial score (nSPS) is 24.1. The Bertz CT molecular complexity index is 896. The predicted octanol–water partition coefficient (Wildman–Crippen LogP) is 4.59. The van der Waals surface area contributed by atoms with Gasteiger partial charge in [-0.05, 0) is 67.7 Å². The lowest BCUT2D eigenvalue weighted by Gasteiger charge is -2.22. The van der Waals surface area contributed by atoms with Crippen molar-refractivity contribution in [2.24, 2.45) is 5.92 Å². The van der Waals surface area contributed by atoms with Crippen LogP contribution in [-0.2, 0) is 11.2 Å². The van der Waals surface area contributed by atoms with E-state index in [4.69, 9.17) is 9.47 Å².